The molecule has 7 heteroatoms. The Morgan fingerprint density at radius 1 is 1.24 bits per heavy atom. The molecule has 25 heavy (non-hydrogen) atoms. The van der Waals surface area contributed by atoms with Gasteiger partial charge >= 0.3 is 0 Å². The summed E-state index contributed by atoms with van der Waals surface area (Å²) < 4.78 is 0. The Morgan fingerprint density at radius 3 is 2.52 bits per heavy atom. The van der Waals surface area contributed by atoms with Crippen LogP contribution >= 0.6 is 22.7 Å². The molecule has 0 aliphatic rings. The van der Waals surface area contributed by atoms with E-state index in [9.17, 15) is 5.11 Å². The summed E-state index contributed by atoms with van der Waals surface area (Å²) in [5.74, 6) is 0.725. The molecule has 0 spiro atoms. The third kappa shape index (κ3) is 5.81. The maximum atomic E-state index is 10.6. The smallest absolute Gasteiger partial charge is 0.191 e. The van der Waals surface area contributed by atoms with E-state index >= 15 is 0 Å². The first kappa shape index (κ1) is 19.9. The van der Waals surface area contributed by atoms with E-state index in [1.54, 1.807) is 29.6 Å². The van der Waals surface area contributed by atoms with Crippen molar-refractivity contribution in [1.29, 1.82) is 0 Å². The Kier molecular flexibility index (Phi) is 7.43. The van der Waals surface area contributed by atoms with Gasteiger partial charge in [-0.25, -0.2) is 4.99 Å². The second kappa shape index (κ2) is 9.33. The van der Waals surface area contributed by atoms with Crippen LogP contribution in [-0.4, -0.2) is 49.7 Å². The van der Waals surface area contributed by atoms with Gasteiger partial charge in [0, 0.05) is 22.8 Å². The fourth-order valence-electron chi connectivity index (χ4n) is 2.45. The lowest BCUT2D eigenvalue weighted by atomic mass is 10.1. The molecule has 2 unspecified atom stereocenters. The van der Waals surface area contributed by atoms with Gasteiger partial charge in [-0.2, -0.15) is 0 Å². The van der Waals surface area contributed by atoms with Crippen LogP contribution in [0.1, 0.15) is 29.6 Å². The van der Waals surface area contributed by atoms with Gasteiger partial charge in [-0.15, -0.1) is 22.7 Å². The van der Waals surface area contributed by atoms with Gasteiger partial charge in [0.1, 0.15) is 5.60 Å². The minimum atomic E-state index is -0.953. The first-order chi connectivity index (χ1) is 11.9. The summed E-state index contributed by atoms with van der Waals surface area (Å²) in [6.45, 7) is 5.69. The summed E-state index contributed by atoms with van der Waals surface area (Å²) in [6.07, 6.45) is 0. The molecule has 0 amide bonds. The number of nitrogens with zero attached hydrogens (tertiary/aromatic N) is 2. The van der Waals surface area contributed by atoms with Crippen LogP contribution in [0.25, 0.3) is 0 Å². The second-order valence-corrected chi connectivity index (χ2v) is 8.25. The summed E-state index contributed by atoms with van der Waals surface area (Å²) in [4.78, 5) is 9.03. The van der Waals surface area contributed by atoms with Crippen molar-refractivity contribution in [2.24, 2.45) is 4.99 Å². The van der Waals surface area contributed by atoms with E-state index in [-0.39, 0.29) is 6.04 Å². The molecule has 0 aliphatic heterocycles. The zero-order chi connectivity index (χ0) is 18.3. The van der Waals surface area contributed by atoms with E-state index in [1.165, 1.54) is 4.88 Å². The zero-order valence-electron chi connectivity index (χ0n) is 15.3. The van der Waals surface area contributed by atoms with Crippen LogP contribution in [0.4, 0.5) is 0 Å². The fraction of sp³-hybridized carbons (Fsp3) is 0.500. The van der Waals surface area contributed by atoms with Crippen LogP contribution in [0.15, 0.2) is 40.0 Å². The lowest BCUT2D eigenvalue weighted by Gasteiger charge is -2.25. The number of thiophene rings is 2. The summed E-state index contributed by atoms with van der Waals surface area (Å²) in [5, 5.41) is 21.4. The Balaban J connectivity index is 2.02. The monoisotopic (exact) mass is 380 g/mol. The van der Waals surface area contributed by atoms with Crippen molar-refractivity contribution in [2.45, 2.75) is 25.5 Å². The number of hydrogen-bond donors (Lipinski definition) is 3. The highest BCUT2D eigenvalue weighted by Gasteiger charge is 2.24. The Hall–Kier alpha value is -1.41. The molecule has 0 saturated carbocycles. The van der Waals surface area contributed by atoms with Gasteiger partial charge in [0.2, 0.25) is 0 Å². The first-order valence-corrected chi connectivity index (χ1v) is 10.2. The average Bonchev–Trinajstić information content (AvgIpc) is 3.26. The van der Waals surface area contributed by atoms with E-state index in [4.69, 9.17) is 0 Å². The molecule has 0 bridgehead atoms. The van der Waals surface area contributed by atoms with Crippen LogP contribution in [0.5, 0.6) is 0 Å². The predicted octanol–water partition coefficient (Wildman–Crippen LogP) is 2.88. The van der Waals surface area contributed by atoms with Gasteiger partial charge in [0.25, 0.3) is 0 Å². The van der Waals surface area contributed by atoms with Gasteiger partial charge in [-0.1, -0.05) is 12.1 Å². The van der Waals surface area contributed by atoms with Gasteiger partial charge in [-0.3, -0.25) is 0 Å². The summed E-state index contributed by atoms with van der Waals surface area (Å²) in [5.41, 5.74) is -0.953. The van der Waals surface area contributed by atoms with Crippen molar-refractivity contribution in [1.82, 2.24) is 15.5 Å². The molecular weight excluding hydrogens is 352 g/mol. The topological polar surface area (TPSA) is 59.9 Å². The molecular formula is C18H28N4OS2. The van der Waals surface area contributed by atoms with E-state index in [0.29, 0.717) is 6.54 Å². The number of guanidine groups is 1. The quantitative estimate of drug-likeness (QED) is 0.487. The summed E-state index contributed by atoms with van der Waals surface area (Å²) >= 11 is 3.31. The average molecular weight is 381 g/mol. The number of likely N-dealkylation sites (N-methyl/N-ethyl adjacent to an activating group) is 1. The van der Waals surface area contributed by atoms with Gasteiger partial charge in [-0.05, 0) is 50.8 Å². The zero-order valence-corrected chi connectivity index (χ0v) is 17.0. The minimum absolute atomic E-state index is 0.279. The third-order valence-electron chi connectivity index (χ3n) is 3.90. The SMILES string of the molecule is CCNC(=NCC(C)(O)c1cccs1)NCC(c1cccs1)N(C)C. The number of rotatable bonds is 8. The minimum Gasteiger partial charge on any atom is -0.383 e. The van der Waals surface area contributed by atoms with E-state index in [1.807, 2.05) is 24.4 Å². The van der Waals surface area contributed by atoms with E-state index in [2.05, 4.69) is 52.1 Å². The van der Waals surface area contributed by atoms with E-state index in [0.717, 1.165) is 23.9 Å². The molecule has 0 radical (unpaired) electrons. The second-order valence-electron chi connectivity index (χ2n) is 6.32. The maximum Gasteiger partial charge on any atom is 0.191 e. The maximum absolute atomic E-state index is 10.6. The Morgan fingerprint density at radius 2 is 1.96 bits per heavy atom. The van der Waals surface area contributed by atoms with Crippen molar-refractivity contribution in [3.05, 3.63) is 44.8 Å². The molecule has 2 heterocycles. The van der Waals surface area contributed by atoms with Crippen LogP contribution in [-0.2, 0) is 5.60 Å². The lowest BCUT2D eigenvalue weighted by molar-refractivity contribution is 0.0711. The highest BCUT2D eigenvalue weighted by atomic mass is 32.1. The number of aliphatic imine (C=N–C) groups is 1. The summed E-state index contributed by atoms with van der Waals surface area (Å²) in [6, 6.07) is 8.40. The van der Waals surface area contributed by atoms with Gasteiger partial charge in [0.05, 0.1) is 12.6 Å². The van der Waals surface area contributed by atoms with Crippen molar-refractivity contribution in [3.63, 3.8) is 0 Å². The molecule has 0 aliphatic carbocycles. The highest BCUT2D eigenvalue weighted by Crippen LogP contribution is 2.25. The van der Waals surface area contributed by atoms with Gasteiger partial charge < -0.3 is 20.6 Å². The molecule has 2 aromatic rings. The van der Waals surface area contributed by atoms with Gasteiger partial charge in [0.15, 0.2) is 5.96 Å². The Labute approximate surface area is 158 Å². The molecule has 0 fully saturated rings. The number of nitrogens with one attached hydrogen (secondary N) is 2. The molecule has 138 valence electrons. The van der Waals surface area contributed by atoms with E-state index < -0.39 is 5.60 Å². The molecule has 0 saturated heterocycles. The molecule has 5 nitrogen and oxygen atoms in total. The van der Waals surface area contributed by atoms with Crippen molar-refractivity contribution in [2.75, 3.05) is 33.7 Å². The molecule has 2 atom stereocenters. The lowest BCUT2D eigenvalue weighted by Crippen LogP contribution is -2.42. The largest absolute Gasteiger partial charge is 0.383 e. The van der Waals surface area contributed by atoms with Crippen molar-refractivity contribution in [3.8, 4) is 0 Å². The number of aliphatic hydroxyl groups is 1. The Bertz CT molecular complexity index is 636. The van der Waals surface area contributed by atoms with Crippen LogP contribution < -0.4 is 10.6 Å². The normalized spacial score (nSPS) is 15.8. The summed E-state index contributed by atoms with van der Waals surface area (Å²) in [7, 11) is 4.16. The van der Waals surface area contributed by atoms with Crippen molar-refractivity contribution >= 4 is 28.6 Å². The number of hydrogen-bond acceptors (Lipinski definition) is 5. The van der Waals surface area contributed by atoms with Crippen molar-refractivity contribution < 1.29 is 5.11 Å². The molecule has 2 rings (SSSR count). The fourth-order valence-corrected chi connectivity index (χ4v) is 4.15. The molecule has 2 aromatic heterocycles. The standard InChI is InChI=1S/C18H28N4OS2/c1-5-19-17(21-13-18(2,23)16-9-7-11-25-16)20-12-14(22(3)4)15-8-6-10-24-15/h6-11,14,23H,5,12-13H2,1-4H3,(H2,19,20,21). The van der Waals surface area contributed by atoms with Crippen LogP contribution in [0.2, 0.25) is 0 Å². The third-order valence-corrected chi connectivity index (χ3v) is 6.00. The first-order valence-electron chi connectivity index (χ1n) is 8.42. The highest BCUT2D eigenvalue weighted by molar-refractivity contribution is 7.10. The van der Waals surface area contributed by atoms with Crippen LogP contribution in [0.3, 0.4) is 0 Å². The van der Waals surface area contributed by atoms with Crippen LogP contribution in [0, 0.1) is 0 Å². The molecule has 3 N–H and O–H groups in total. The molecule has 0 aromatic carbocycles. The predicted molar refractivity (Wildman–Crippen MR) is 109 cm³/mol.